The third-order valence-electron chi connectivity index (χ3n) is 1.62. The third kappa shape index (κ3) is 5.84. The monoisotopic (exact) mass is 188 g/mol. The molecule has 0 aliphatic carbocycles. The van der Waals surface area contributed by atoms with Gasteiger partial charge in [-0.1, -0.05) is 0 Å². The van der Waals surface area contributed by atoms with Crippen LogP contribution in [-0.2, 0) is 14.4 Å². The summed E-state index contributed by atoms with van der Waals surface area (Å²) in [5.41, 5.74) is 0. The predicted octanol–water partition coefficient (Wildman–Crippen LogP) is 0.531. The number of carboxylic acid groups (broad SMARTS) is 2. The summed E-state index contributed by atoms with van der Waals surface area (Å²) in [5.74, 6) is -3.40. The average Bonchev–Trinajstić information content (AvgIpc) is 1.96. The van der Waals surface area contributed by atoms with E-state index in [4.69, 9.17) is 10.2 Å². The summed E-state index contributed by atoms with van der Waals surface area (Å²) >= 11 is 0. The maximum absolute atomic E-state index is 10.5. The standard InChI is InChI=1S/C8H12O5/c1-5(9)2-3-6(8(12)13)4-7(10)11/h6H,2-4H2,1H3,(H,10,11)(H,12,13)/t6-/m0/s1. The van der Waals surface area contributed by atoms with Crippen molar-refractivity contribution in [2.24, 2.45) is 5.92 Å². The highest BCUT2D eigenvalue weighted by Gasteiger charge is 2.20. The second kappa shape index (κ2) is 5.29. The van der Waals surface area contributed by atoms with Crippen LogP contribution < -0.4 is 0 Å². The number of rotatable bonds is 6. The van der Waals surface area contributed by atoms with Crippen LogP contribution in [0.2, 0.25) is 0 Å². The molecular formula is C8H12O5. The minimum absolute atomic E-state index is 0.0942. The zero-order chi connectivity index (χ0) is 10.4. The van der Waals surface area contributed by atoms with Crippen LogP contribution in [0.25, 0.3) is 0 Å². The minimum atomic E-state index is -1.16. The molecule has 13 heavy (non-hydrogen) atoms. The van der Waals surface area contributed by atoms with Gasteiger partial charge in [0, 0.05) is 6.42 Å². The van der Waals surface area contributed by atoms with Gasteiger partial charge in [0.25, 0.3) is 0 Å². The molecule has 0 aromatic heterocycles. The van der Waals surface area contributed by atoms with E-state index in [2.05, 4.69) is 0 Å². The Balaban J connectivity index is 4.02. The molecule has 0 unspecified atom stereocenters. The zero-order valence-electron chi connectivity index (χ0n) is 7.32. The summed E-state index contributed by atoms with van der Waals surface area (Å²) in [7, 11) is 0. The van der Waals surface area contributed by atoms with Gasteiger partial charge in [0.05, 0.1) is 12.3 Å². The SMILES string of the molecule is CC(=O)CC[C@@H](CC(=O)O)C(=O)O. The van der Waals surface area contributed by atoms with Crippen LogP contribution in [0.1, 0.15) is 26.2 Å². The molecule has 0 aliphatic heterocycles. The minimum Gasteiger partial charge on any atom is -0.481 e. The third-order valence-corrected chi connectivity index (χ3v) is 1.62. The van der Waals surface area contributed by atoms with Gasteiger partial charge in [0.1, 0.15) is 5.78 Å². The zero-order valence-corrected chi connectivity index (χ0v) is 7.32. The van der Waals surface area contributed by atoms with Crippen molar-refractivity contribution in [3.05, 3.63) is 0 Å². The van der Waals surface area contributed by atoms with Gasteiger partial charge in [-0.25, -0.2) is 0 Å². The van der Waals surface area contributed by atoms with Gasteiger partial charge in [-0.2, -0.15) is 0 Å². The molecule has 0 rings (SSSR count). The molecule has 0 heterocycles. The Labute approximate surface area is 75.4 Å². The number of carbonyl (C=O) groups is 3. The topological polar surface area (TPSA) is 91.7 Å². The first kappa shape index (κ1) is 11.6. The molecule has 0 saturated heterocycles. The molecule has 0 radical (unpaired) electrons. The summed E-state index contributed by atoms with van der Waals surface area (Å²) in [4.78, 5) is 31.2. The van der Waals surface area contributed by atoms with Crippen LogP contribution in [0.15, 0.2) is 0 Å². The summed E-state index contributed by atoms with van der Waals surface area (Å²) in [6, 6.07) is 0. The fraction of sp³-hybridized carbons (Fsp3) is 0.625. The summed E-state index contributed by atoms with van der Waals surface area (Å²) in [5, 5.41) is 16.9. The lowest BCUT2D eigenvalue weighted by atomic mass is 9.99. The van der Waals surface area contributed by atoms with Gasteiger partial charge < -0.3 is 15.0 Å². The Morgan fingerprint density at radius 2 is 1.77 bits per heavy atom. The van der Waals surface area contributed by atoms with E-state index in [9.17, 15) is 14.4 Å². The summed E-state index contributed by atoms with van der Waals surface area (Å²) in [6.45, 7) is 1.35. The first-order chi connectivity index (χ1) is 5.93. The molecule has 0 fully saturated rings. The van der Waals surface area contributed by atoms with Gasteiger partial charge in [-0.15, -0.1) is 0 Å². The number of hydrogen-bond donors (Lipinski definition) is 2. The number of hydrogen-bond acceptors (Lipinski definition) is 3. The molecule has 74 valence electrons. The molecule has 0 saturated carbocycles. The van der Waals surface area contributed by atoms with Crippen LogP contribution in [0.5, 0.6) is 0 Å². The van der Waals surface area contributed by atoms with Gasteiger partial charge >= 0.3 is 11.9 Å². The van der Waals surface area contributed by atoms with E-state index in [0.717, 1.165) is 0 Å². The van der Waals surface area contributed by atoms with Crippen molar-refractivity contribution in [1.82, 2.24) is 0 Å². The van der Waals surface area contributed by atoms with Crippen LogP contribution in [0.3, 0.4) is 0 Å². The number of Topliss-reactive ketones (excluding diaryl/α,β-unsaturated/α-hetero) is 1. The van der Waals surface area contributed by atoms with Crippen molar-refractivity contribution in [3.8, 4) is 0 Å². The lowest BCUT2D eigenvalue weighted by Crippen LogP contribution is -2.18. The van der Waals surface area contributed by atoms with Crippen molar-refractivity contribution in [2.45, 2.75) is 26.2 Å². The number of aliphatic carboxylic acids is 2. The number of carboxylic acids is 2. The Morgan fingerprint density at radius 3 is 2.08 bits per heavy atom. The molecule has 0 spiro atoms. The Hall–Kier alpha value is -1.39. The van der Waals surface area contributed by atoms with Gasteiger partial charge in [-0.3, -0.25) is 9.59 Å². The van der Waals surface area contributed by atoms with Crippen LogP contribution in [-0.4, -0.2) is 27.9 Å². The average molecular weight is 188 g/mol. The second-order valence-corrected chi connectivity index (χ2v) is 2.87. The second-order valence-electron chi connectivity index (χ2n) is 2.87. The van der Waals surface area contributed by atoms with Crippen molar-refractivity contribution in [1.29, 1.82) is 0 Å². The predicted molar refractivity (Wildman–Crippen MR) is 43.3 cm³/mol. The molecule has 0 aromatic rings. The Morgan fingerprint density at radius 1 is 1.23 bits per heavy atom. The normalized spacial score (nSPS) is 12.1. The van der Waals surface area contributed by atoms with Crippen LogP contribution in [0.4, 0.5) is 0 Å². The smallest absolute Gasteiger partial charge is 0.307 e. The van der Waals surface area contributed by atoms with E-state index in [1.807, 2.05) is 0 Å². The van der Waals surface area contributed by atoms with Crippen molar-refractivity contribution in [3.63, 3.8) is 0 Å². The molecule has 2 N–H and O–H groups in total. The molecule has 0 aromatic carbocycles. The van der Waals surface area contributed by atoms with Gasteiger partial charge in [-0.05, 0) is 13.3 Å². The number of ketones is 1. The van der Waals surface area contributed by atoms with Crippen molar-refractivity contribution < 1.29 is 24.6 Å². The van der Waals surface area contributed by atoms with E-state index < -0.39 is 24.3 Å². The quantitative estimate of drug-likeness (QED) is 0.634. The Bertz CT molecular complexity index is 221. The number of carbonyl (C=O) groups excluding carboxylic acids is 1. The van der Waals surface area contributed by atoms with E-state index in [-0.39, 0.29) is 18.6 Å². The molecule has 0 bridgehead atoms. The highest BCUT2D eigenvalue weighted by Crippen LogP contribution is 2.11. The van der Waals surface area contributed by atoms with E-state index in [1.165, 1.54) is 6.92 Å². The summed E-state index contributed by atoms with van der Waals surface area (Å²) in [6.07, 6.45) is -0.218. The van der Waals surface area contributed by atoms with Crippen molar-refractivity contribution in [2.75, 3.05) is 0 Å². The van der Waals surface area contributed by atoms with Crippen LogP contribution >= 0.6 is 0 Å². The lowest BCUT2D eigenvalue weighted by Gasteiger charge is -2.07. The van der Waals surface area contributed by atoms with Crippen molar-refractivity contribution >= 4 is 17.7 Å². The molecule has 1 atom stereocenters. The van der Waals surface area contributed by atoms with Crippen LogP contribution in [0, 0.1) is 5.92 Å². The molecule has 0 aliphatic rings. The summed E-state index contributed by atoms with van der Waals surface area (Å²) < 4.78 is 0. The maximum atomic E-state index is 10.5. The molecule has 5 heteroatoms. The Kier molecular flexibility index (Phi) is 4.72. The van der Waals surface area contributed by atoms with E-state index in [0.29, 0.717) is 0 Å². The van der Waals surface area contributed by atoms with Gasteiger partial charge in [0.2, 0.25) is 0 Å². The molecular weight excluding hydrogens is 176 g/mol. The molecule has 0 amide bonds. The lowest BCUT2D eigenvalue weighted by molar-refractivity contribution is -0.148. The fourth-order valence-corrected chi connectivity index (χ4v) is 0.901. The molecule has 5 nitrogen and oxygen atoms in total. The largest absolute Gasteiger partial charge is 0.481 e. The first-order valence-electron chi connectivity index (χ1n) is 3.87. The van der Waals surface area contributed by atoms with Gasteiger partial charge in [0.15, 0.2) is 0 Å². The fourth-order valence-electron chi connectivity index (χ4n) is 0.901. The highest BCUT2D eigenvalue weighted by atomic mass is 16.4. The highest BCUT2D eigenvalue weighted by molar-refractivity contribution is 5.79. The first-order valence-corrected chi connectivity index (χ1v) is 3.87. The van der Waals surface area contributed by atoms with E-state index >= 15 is 0 Å². The van der Waals surface area contributed by atoms with E-state index in [1.54, 1.807) is 0 Å². The maximum Gasteiger partial charge on any atom is 0.307 e.